The van der Waals surface area contributed by atoms with Gasteiger partial charge in [0.1, 0.15) is 5.75 Å². The number of amides is 1. The molecular formula is C24H31ClF3N5O4S. The quantitative estimate of drug-likeness (QED) is 0.395. The number of nitrogens with zero attached hydrogens (tertiary/aromatic N) is 2. The van der Waals surface area contributed by atoms with E-state index in [1.807, 2.05) is 24.4 Å². The maximum absolute atomic E-state index is 12.6. The van der Waals surface area contributed by atoms with E-state index in [2.05, 4.69) is 9.88 Å². The number of aromatic nitrogens is 1. The number of hydrogen-bond donors (Lipinski definition) is 3. The molecular weight excluding hydrogens is 547 g/mol. The van der Waals surface area contributed by atoms with E-state index < -0.39 is 16.2 Å². The number of aromatic amines is 1. The summed E-state index contributed by atoms with van der Waals surface area (Å²) in [5.74, 6) is 0.586. The molecule has 0 saturated carbocycles. The van der Waals surface area contributed by atoms with Crippen molar-refractivity contribution in [3.63, 3.8) is 0 Å². The van der Waals surface area contributed by atoms with Crippen molar-refractivity contribution in [1.29, 1.82) is 0 Å². The fourth-order valence-electron chi connectivity index (χ4n) is 3.91. The first kappa shape index (κ1) is 31.2. The second-order valence-electron chi connectivity index (χ2n) is 8.54. The van der Waals surface area contributed by atoms with Crippen molar-refractivity contribution in [2.24, 2.45) is 10.9 Å². The van der Waals surface area contributed by atoms with E-state index in [9.17, 15) is 26.4 Å². The molecule has 0 unspecified atom stereocenters. The average molecular weight is 578 g/mol. The predicted molar refractivity (Wildman–Crippen MR) is 142 cm³/mol. The molecule has 1 aliphatic heterocycles. The van der Waals surface area contributed by atoms with E-state index >= 15 is 0 Å². The van der Waals surface area contributed by atoms with Crippen LogP contribution in [0.5, 0.6) is 5.75 Å². The first-order chi connectivity index (χ1) is 17.3. The van der Waals surface area contributed by atoms with Gasteiger partial charge >= 0.3 is 6.18 Å². The molecule has 2 heterocycles. The maximum Gasteiger partial charge on any atom is 0.386 e. The lowest BCUT2D eigenvalue weighted by Crippen LogP contribution is -2.50. The molecule has 1 saturated heterocycles. The second-order valence-corrected chi connectivity index (χ2v) is 10.1. The van der Waals surface area contributed by atoms with E-state index in [1.54, 1.807) is 17.0 Å². The SMILES string of the molecule is CC(F)(F)F.Cl.NCCc1c[nH]c2ccc(OCC(=O)N3CCN(c4ccc(S(N)(=O)=O)cc4)CC3)cc12. The number of carbonyl (C=O) groups is 1. The molecule has 1 amide bonds. The van der Waals surface area contributed by atoms with E-state index in [-0.39, 0.29) is 36.7 Å². The molecule has 210 valence electrons. The Labute approximate surface area is 225 Å². The maximum atomic E-state index is 12.6. The van der Waals surface area contributed by atoms with Gasteiger partial charge in [-0.2, -0.15) is 13.2 Å². The van der Waals surface area contributed by atoms with Gasteiger partial charge < -0.3 is 25.3 Å². The third-order valence-corrected chi connectivity index (χ3v) is 6.61. The van der Waals surface area contributed by atoms with Gasteiger partial charge in [-0.15, -0.1) is 12.4 Å². The van der Waals surface area contributed by atoms with Crippen molar-refractivity contribution in [1.82, 2.24) is 9.88 Å². The van der Waals surface area contributed by atoms with Crippen LogP contribution >= 0.6 is 12.4 Å². The summed E-state index contributed by atoms with van der Waals surface area (Å²) < 4.78 is 59.6. The highest BCUT2D eigenvalue weighted by Gasteiger charge is 2.22. The third-order valence-electron chi connectivity index (χ3n) is 5.68. The summed E-state index contributed by atoms with van der Waals surface area (Å²) in [7, 11) is -3.71. The summed E-state index contributed by atoms with van der Waals surface area (Å²) in [6.07, 6.45) is -1.27. The lowest BCUT2D eigenvalue weighted by atomic mass is 10.1. The number of benzene rings is 2. The normalized spacial score (nSPS) is 13.9. The number of nitrogens with one attached hydrogen (secondary N) is 1. The lowest BCUT2D eigenvalue weighted by Gasteiger charge is -2.36. The topological polar surface area (TPSA) is 135 Å². The Kier molecular flexibility index (Phi) is 10.8. The van der Waals surface area contributed by atoms with Gasteiger partial charge in [-0.1, -0.05) is 0 Å². The Bertz CT molecular complexity index is 1300. The number of H-pyrrole nitrogens is 1. The van der Waals surface area contributed by atoms with Gasteiger partial charge in [0, 0.05) is 55.9 Å². The standard InChI is InChI=1S/C22H27N5O4S.C2H3F3.ClH/c23-8-7-16-14-25-21-6-3-18(13-20(16)21)31-15-22(28)27-11-9-26(10-12-27)17-1-4-19(5-2-17)32(24,29)30;1-2(3,4)5;/h1-6,13-14,25H,7-12,15,23H2,(H2,24,29,30);1H3;1H. The van der Waals surface area contributed by atoms with Crippen LogP contribution in [0, 0.1) is 0 Å². The number of halogens is 4. The van der Waals surface area contributed by atoms with Crippen molar-refractivity contribution in [3.8, 4) is 5.75 Å². The van der Waals surface area contributed by atoms with Crippen molar-refractivity contribution < 1.29 is 31.1 Å². The first-order valence-corrected chi connectivity index (χ1v) is 13.0. The Morgan fingerprint density at radius 1 is 1.08 bits per heavy atom. The Hall–Kier alpha value is -3.00. The highest BCUT2D eigenvalue weighted by atomic mass is 35.5. The van der Waals surface area contributed by atoms with Gasteiger partial charge in [0.2, 0.25) is 10.0 Å². The number of carbonyl (C=O) groups excluding carboxylic acids is 1. The lowest BCUT2D eigenvalue weighted by molar-refractivity contribution is -0.133. The molecule has 2 aromatic carbocycles. The molecule has 0 atom stereocenters. The number of sulfonamides is 1. The molecule has 0 spiro atoms. The first-order valence-electron chi connectivity index (χ1n) is 11.5. The minimum absolute atomic E-state index is 0. The zero-order chi connectivity index (χ0) is 27.2. The molecule has 0 radical (unpaired) electrons. The van der Waals surface area contributed by atoms with E-state index in [1.165, 1.54) is 12.1 Å². The Balaban J connectivity index is 0.000000774. The summed E-state index contributed by atoms with van der Waals surface area (Å²) in [5.41, 5.74) is 8.72. The van der Waals surface area contributed by atoms with Crippen LogP contribution in [0.15, 0.2) is 53.6 Å². The second kappa shape index (κ2) is 13.2. The van der Waals surface area contributed by atoms with Crippen LogP contribution in [0.4, 0.5) is 18.9 Å². The molecule has 0 aliphatic carbocycles. The molecule has 1 fully saturated rings. The van der Waals surface area contributed by atoms with Crippen LogP contribution in [0.1, 0.15) is 12.5 Å². The van der Waals surface area contributed by atoms with Gasteiger partial charge in [-0.3, -0.25) is 4.79 Å². The molecule has 38 heavy (non-hydrogen) atoms. The van der Waals surface area contributed by atoms with E-state index in [0.29, 0.717) is 38.5 Å². The number of piperazine rings is 1. The van der Waals surface area contributed by atoms with Crippen molar-refractivity contribution in [3.05, 3.63) is 54.2 Å². The number of alkyl halides is 3. The van der Waals surface area contributed by atoms with Crippen molar-refractivity contribution in [2.75, 3.05) is 44.2 Å². The molecule has 3 aromatic rings. The number of nitrogens with two attached hydrogens (primary N) is 2. The molecule has 1 aromatic heterocycles. The highest BCUT2D eigenvalue weighted by Crippen LogP contribution is 2.24. The largest absolute Gasteiger partial charge is 0.484 e. The van der Waals surface area contributed by atoms with Crippen LogP contribution in [-0.4, -0.2) is 69.7 Å². The summed E-state index contributed by atoms with van der Waals surface area (Å²) in [6.45, 7) is 3.17. The number of ether oxygens (including phenoxy) is 1. The summed E-state index contributed by atoms with van der Waals surface area (Å²) in [6, 6.07) is 12.2. The zero-order valence-corrected chi connectivity index (χ0v) is 22.3. The molecule has 0 bridgehead atoms. The summed E-state index contributed by atoms with van der Waals surface area (Å²) in [5, 5.41) is 6.20. The summed E-state index contributed by atoms with van der Waals surface area (Å²) in [4.78, 5) is 19.8. The monoisotopic (exact) mass is 577 g/mol. The predicted octanol–water partition coefficient (Wildman–Crippen LogP) is 3.03. The van der Waals surface area contributed by atoms with Gasteiger partial charge in [0.05, 0.1) is 4.90 Å². The smallest absolute Gasteiger partial charge is 0.386 e. The van der Waals surface area contributed by atoms with Crippen LogP contribution < -0.4 is 20.5 Å². The fraction of sp³-hybridized carbons (Fsp3) is 0.375. The average Bonchev–Trinajstić information content (AvgIpc) is 3.23. The Morgan fingerprint density at radius 2 is 1.68 bits per heavy atom. The fourth-order valence-corrected chi connectivity index (χ4v) is 4.42. The Morgan fingerprint density at radius 3 is 2.24 bits per heavy atom. The van der Waals surface area contributed by atoms with Crippen molar-refractivity contribution >= 4 is 44.9 Å². The number of rotatable bonds is 7. The number of hydrogen-bond acceptors (Lipinski definition) is 6. The number of fused-ring (bicyclic) bond motifs is 1. The van der Waals surface area contributed by atoms with Gasteiger partial charge in [0.15, 0.2) is 6.61 Å². The molecule has 4 rings (SSSR count). The summed E-state index contributed by atoms with van der Waals surface area (Å²) >= 11 is 0. The minimum atomic E-state index is -4.00. The third kappa shape index (κ3) is 9.08. The number of primary sulfonamides is 1. The van der Waals surface area contributed by atoms with Crippen molar-refractivity contribution in [2.45, 2.75) is 24.4 Å². The van der Waals surface area contributed by atoms with E-state index in [0.717, 1.165) is 28.6 Å². The van der Waals surface area contributed by atoms with Crippen LogP contribution in [0.2, 0.25) is 0 Å². The van der Waals surface area contributed by atoms with E-state index in [4.69, 9.17) is 15.6 Å². The molecule has 5 N–H and O–H groups in total. The van der Waals surface area contributed by atoms with Crippen LogP contribution in [0.3, 0.4) is 0 Å². The molecule has 9 nitrogen and oxygen atoms in total. The minimum Gasteiger partial charge on any atom is -0.484 e. The molecule has 14 heteroatoms. The van der Waals surface area contributed by atoms with Crippen LogP contribution in [-0.2, 0) is 21.2 Å². The number of anilines is 1. The highest BCUT2D eigenvalue weighted by molar-refractivity contribution is 7.89. The van der Waals surface area contributed by atoms with Gasteiger partial charge in [0.25, 0.3) is 5.91 Å². The zero-order valence-electron chi connectivity index (χ0n) is 20.7. The van der Waals surface area contributed by atoms with Gasteiger partial charge in [-0.05, 0) is 61.0 Å². The van der Waals surface area contributed by atoms with Gasteiger partial charge in [-0.25, -0.2) is 13.6 Å². The molecule has 1 aliphatic rings. The van der Waals surface area contributed by atoms with Crippen LogP contribution in [0.25, 0.3) is 10.9 Å².